The van der Waals surface area contributed by atoms with Gasteiger partial charge in [0.2, 0.25) is 0 Å². The second-order valence-corrected chi connectivity index (χ2v) is 11.3. The Kier molecular flexibility index (Phi) is 7.30. The molecular weight excluding hydrogens is 442 g/mol. The topological polar surface area (TPSA) is 94.1 Å². The van der Waals surface area contributed by atoms with Gasteiger partial charge in [0, 0.05) is 49.0 Å². The maximum atomic E-state index is 12.7. The highest BCUT2D eigenvalue weighted by Gasteiger charge is 2.21. The van der Waals surface area contributed by atoms with Gasteiger partial charge >= 0.3 is 0 Å². The van der Waals surface area contributed by atoms with Crippen LogP contribution in [-0.4, -0.2) is 38.5 Å². The molecule has 2 heterocycles. The van der Waals surface area contributed by atoms with Crippen LogP contribution in [0.5, 0.6) is 0 Å². The van der Waals surface area contributed by atoms with E-state index in [0.29, 0.717) is 29.3 Å². The van der Waals surface area contributed by atoms with Crippen molar-refractivity contribution in [1.29, 1.82) is 0 Å². The second-order valence-electron chi connectivity index (χ2n) is 8.22. The fourth-order valence-corrected chi connectivity index (χ4v) is 5.46. The smallest absolute Gasteiger partial charge is 0.272 e. The fraction of sp³-hybridized carbons (Fsp3) is 0.304. The maximum absolute atomic E-state index is 12.7. The van der Waals surface area contributed by atoms with Crippen molar-refractivity contribution in [2.45, 2.75) is 18.6 Å². The molecule has 0 radical (unpaired) electrons. The van der Waals surface area contributed by atoms with Gasteiger partial charge in [-0.25, -0.2) is 0 Å². The van der Waals surface area contributed by atoms with E-state index in [4.69, 9.17) is 5.73 Å². The van der Waals surface area contributed by atoms with E-state index in [1.807, 2.05) is 54.4 Å². The summed E-state index contributed by atoms with van der Waals surface area (Å²) in [5.41, 5.74) is 9.96. The summed E-state index contributed by atoms with van der Waals surface area (Å²) >= 11 is 0. The fourth-order valence-electron chi connectivity index (χ4n) is 3.34. The number of carbonyl (C=O) groups excluding carboxylic acids is 2. The van der Waals surface area contributed by atoms with Crippen LogP contribution < -0.4 is 16.4 Å². The average Bonchev–Trinajstić information content (AvgIpc) is 3.28. The van der Waals surface area contributed by atoms with Crippen LogP contribution in [0.2, 0.25) is 0 Å². The number of anilines is 2. The minimum Gasteiger partial charge on any atom is -0.397 e. The summed E-state index contributed by atoms with van der Waals surface area (Å²) in [6.45, 7) is 4.80. The van der Waals surface area contributed by atoms with Gasteiger partial charge in [0.15, 0.2) is 0 Å². The van der Waals surface area contributed by atoms with Crippen LogP contribution in [0.15, 0.2) is 48.8 Å². The summed E-state index contributed by atoms with van der Waals surface area (Å²) in [6.07, 6.45) is 5.66. The summed E-state index contributed by atoms with van der Waals surface area (Å²) in [5, 5.41) is 5.91. The first-order valence-electron chi connectivity index (χ1n) is 10.1. The predicted octanol–water partition coefficient (Wildman–Crippen LogP) is 4.38. The molecular formula is C23H29N5O2S2. The van der Waals surface area contributed by atoms with Gasteiger partial charge in [-0.2, -0.15) is 0 Å². The van der Waals surface area contributed by atoms with E-state index >= 15 is 0 Å². The molecule has 3 rings (SSSR count). The first kappa shape index (κ1) is 23.9. The van der Waals surface area contributed by atoms with Crippen molar-refractivity contribution in [1.82, 2.24) is 14.5 Å². The largest absolute Gasteiger partial charge is 0.397 e. The average molecular weight is 472 g/mol. The van der Waals surface area contributed by atoms with E-state index in [0.717, 1.165) is 11.1 Å². The highest BCUT2D eigenvalue weighted by Crippen LogP contribution is 2.33. The molecule has 0 bridgehead atoms. The molecule has 0 unspecified atom stereocenters. The lowest BCUT2D eigenvalue weighted by Gasteiger charge is -2.22. The van der Waals surface area contributed by atoms with Crippen molar-refractivity contribution in [2.24, 2.45) is 14.1 Å². The number of nitrogens with one attached hydrogen (secondary N) is 2. The van der Waals surface area contributed by atoms with Crippen LogP contribution in [0.25, 0.3) is 11.1 Å². The number of amides is 2. The van der Waals surface area contributed by atoms with Crippen molar-refractivity contribution in [3.05, 3.63) is 60.2 Å². The number of nitrogen functional groups attached to an aromatic ring is 1. The Morgan fingerprint density at radius 3 is 2.19 bits per heavy atom. The molecule has 9 heteroatoms. The lowest BCUT2D eigenvalue weighted by atomic mass is 10.1. The van der Waals surface area contributed by atoms with Crippen LogP contribution in [0.3, 0.4) is 0 Å². The Bertz CT molecular complexity index is 1120. The van der Waals surface area contributed by atoms with E-state index in [9.17, 15) is 9.59 Å². The Hall–Kier alpha value is -2.78. The second kappa shape index (κ2) is 9.79. The van der Waals surface area contributed by atoms with E-state index in [-0.39, 0.29) is 16.6 Å². The molecule has 3 aromatic rings. The number of nitrogens with zero attached hydrogens (tertiary/aromatic N) is 2. The predicted molar refractivity (Wildman–Crippen MR) is 136 cm³/mol. The zero-order valence-corrected chi connectivity index (χ0v) is 20.6. The molecule has 1 aromatic carbocycles. The van der Waals surface area contributed by atoms with Gasteiger partial charge in [0.05, 0.1) is 5.69 Å². The molecule has 0 saturated carbocycles. The number of aryl methyl sites for hydroxylation is 2. The number of carbonyl (C=O) groups is 2. The molecule has 0 aliphatic heterocycles. The van der Waals surface area contributed by atoms with Crippen molar-refractivity contribution in [3.8, 4) is 11.1 Å². The third-order valence-corrected chi connectivity index (χ3v) is 7.57. The number of hydrogen-bond acceptors (Lipinski definition) is 5. The van der Waals surface area contributed by atoms with Crippen molar-refractivity contribution >= 4 is 44.8 Å². The van der Waals surface area contributed by atoms with Gasteiger partial charge in [-0.05, 0) is 49.9 Å². The Morgan fingerprint density at radius 2 is 1.59 bits per heavy atom. The molecule has 32 heavy (non-hydrogen) atoms. The van der Waals surface area contributed by atoms with Crippen LogP contribution in [-0.2, 0) is 14.1 Å². The van der Waals surface area contributed by atoms with Crippen LogP contribution >= 0.6 is 21.6 Å². The number of rotatable bonds is 8. The van der Waals surface area contributed by atoms with Crippen LogP contribution in [0, 0.1) is 0 Å². The molecule has 0 saturated heterocycles. The molecule has 170 valence electrons. The van der Waals surface area contributed by atoms with Gasteiger partial charge in [-0.3, -0.25) is 9.59 Å². The first-order valence-corrected chi connectivity index (χ1v) is 12.7. The van der Waals surface area contributed by atoms with Crippen molar-refractivity contribution < 1.29 is 9.59 Å². The molecule has 2 aromatic heterocycles. The first-order chi connectivity index (χ1) is 15.1. The third-order valence-electron chi connectivity index (χ3n) is 4.96. The van der Waals surface area contributed by atoms with E-state index in [1.54, 1.807) is 45.5 Å². The summed E-state index contributed by atoms with van der Waals surface area (Å²) in [5.74, 6) is -0.322. The monoisotopic (exact) mass is 471 g/mol. The Labute approximate surface area is 196 Å². The molecule has 2 amide bonds. The normalized spacial score (nSPS) is 11.4. The molecule has 0 spiro atoms. The third kappa shape index (κ3) is 5.72. The zero-order valence-electron chi connectivity index (χ0n) is 18.9. The van der Waals surface area contributed by atoms with Crippen molar-refractivity contribution in [3.63, 3.8) is 0 Å². The van der Waals surface area contributed by atoms with Crippen molar-refractivity contribution in [2.75, 3.05) is 23.9 Å². The minimum absolute atomic E-state index is 0.0472. The van der Waals surface area contributed by atoms with Gasteiger partial charge in [0.1, 0.15) is 11.4 Å². The lowest BCUT2D eigenvalue weighted by Crippen LogP contribution is -2.36. The van der Waals surface area contributed by atoms with Crippen LogP contribution in [0.4, 0.5) is 11.4 Å². The molecule has 4 N–H and O–H groups in total. The minimum atomic E-state index is -0.224. The van der Waals surface area contributed by atoms with Gasteiger partial charge < -0.3 is 25.5 Å². The molecule has 0 aliphatic rings. The van der Waals surface area contributed by atoms with Gasteiger partial charge in [0.25, 0.3) is 11.8 Å². The van der Waals surface area contributed by atoms with E-state index in [1.165, 1.54) is 0 Å². The van der Waals surface area contributed by atoms with Crippen LogP contribution in [0.1, 0.15) is 34.8 Å². The van der Waals surface area contributed by atoms with Gasteiger partial charge in [-0.15, -0.1) is 0 Å². The number of hydrogen-bond donors (Lipinski definition) is 3. The van der Waals surface area contributed by atoms with E-state index in [2.05, 4.69) is 24.5 Å². The molecule has 0 aliphatic carbocycles. The summed E-state index contributed by atoms with van der Waals surface area (Å²) in [7, 11) is 7.07. The molecule has 7 nitrogen and oxygen atoms in total. The summed E-state index contributed by atoms with van der Waals surface area (Å²) in [4.78, 5) is 25.2. The number of nitrogens with two attached hydrogens (primary N) is 1. The lowest BCUT2D eigenvalue weighted by molar-refractivity contribution is 0.0942. The summed E-state index contributed by atoms with van der Waals surface area (Å²) in [6, 6.07) is 11.0. The number of aromatic nitrogens is 2. The highest BCUT2D eigenvalue weighted by atomic mass is 33.1. The maximum Gasteiger partial charge on any atom is 0.272 e. The standard InChI is InChI=1S/C23H29N5O2S2/c1-23(2,32-31-5)14-25-21(29)19-10-16(12-27(19)3)15-6-8-18(9-7-15)26-22(30)20-11-17(24)13-28(20)4/h6-13H,14,24H2,1-5H3,(H,25,29)(H,26,30). The number of benzene rings is 1. The van der Waals surface area contributed by atoms with E-state index < -0.39 is 0 Å². The zero-order chi connectivity index (χ0) is 23.5. The summed E-state index contributed by atoms with van der Waals surface area (Å²) < 4.78 is 3.47. The molecule has 0 atom stereocenters. The quantitative estimate of drug-likeness (QED) is 0.424. The Morgan fingerprint density at radius 1 is 0.969 bits per heavy atom. The van der Waals surface area contributed by atoms with Gasteiger partial charge in [-0.1, -0.05) is 33.7 Å². The highest BCUT2D eigenvalue weighted by molar-refractivity contribution is 8.76. The SMILES string of the molecule is CSSC(C)(C)CNC(=O)c1cc(-c2ccc(NC(=O)c3cc(N)cn3C)cc2)cn1C. The Balaban J connectivity index is 1.68. The molecule has 0 fully saturated rings.